The molecule has 0 aliphatic carbocycles. The number of hydrazone groups is 1. The molecule has 0 atom stereocenters. The van der Waals surface area contributed by atoms with E-state index in [1.54, 1.807) is 48.7 Å². The van der Waals surface area contributed by atoms with Crippen molar-refractivity contribution >= 4 is 18.1 Å². The van der Waals surface area contributed by atoms with Gasteiger partial charge in [0.15, 0.2) is 11.5 Å². The van der Waals surface area contributed by atoms with E-state index in [0.29, 0.717) is 48.0 Å². The van der Waals surface area contributed by atoms with Crippen LogP contribution < -0.4 is 19.6 Å². The van der Waals surface area contributed by atoms with Crippen LogP contribution in [0.15, 0.2) is 47.6 Å². The molecule has 2 aromatic rings. The van der Waals surface area contributed by atoms with Crippen molar-refractivity contribution in [2.45, 2.75) is 91.4 Å². The van der Waals surface area contributed by atoms with Crippen molar-refractivity contribution in [2.75, 3.05) is 13.2 Å². The van der Waals surface area contributed by atoms with Crippen LogP contribution in [0, 0.1) is 0 Å². The van der Waals surface area contributed by atoms with Crippen LogP contribution in [0.4, 0.5) is 0 Å². The van der Waals surface area contributed by atoms with Crippen LogP contribution in [-0.2, 0) is 4.79 Å². The van der Waals surface area contributed by atoms with Crippen molar-refractivity contribution in [3.63, 3.8) is 0 Å². The van der Waals surface area contributed by atoms with Crippen LogP contribution in [0.1, 0.15) is 107 Å². The molecule has 0 radical (unpaired) electrons. The minimum Gasteiger partial charge on any atom is -0.494 e. The molecule has 0 heterocycles. The molecule has 0 bridgehead atoms. The van der Waals surface area contributed by atoms with Gasteiger partial charge in [-0.1, -0.05) is 65.2 Å². The summed E-state index contributed by atoms with van der Waals surface area (Å²) >= 11 is 0. The molecule has 2 rings (SSSR count). The number of unbranched alkanes of at least 4 members (excludes halogenated alkanes) is 8. The van der Waals surface area contributed by atoms with Crippen molar-refractivity contribution in [1.29, 1.82) is 0 Å². The Morgan fingerprint density at radius 2 is 1.47 bits per heavy atom. The van der Waals surface area contributed by atoms with Gasteiger partial charge in [-0.2, -0.15) is 5.10 Å². The zero-order valence-corrected chi connectivity index (χ0v) is 23.3. The molecule has 2 aromatic carbocycles. The van der Waals surface area contributed by atoms with Gasteiger partial charge in [-0.25, -0.2) is 10.2 Å². The molecule has 0 saturated heterocycles. The summed E-state index contributed by atoms with van der Waals surface area (Å²) in [5, 5.41) is 4.07. The molecule has 0 fully saturated rings. The standard InChI is InChI=1S/C31H44N2O5/c1-4-7-8-9-10-11-12-13-14-15-30(34)33-32-24-25-16-21-28(29(23-25)36-6-3)38-31(35)26-17-19-27(20-18-26)37-22-5-2/h16-21,23-24H,4-15,22H2,1-3H3,(H,33,34)/b32-24+. The predicted molar refractivity (Wildman–Crippen MR) is 152 cm³/mol. The number of rotatable bonds is 19. The maximum Gasteiger partial charge on any atom is 0.343 e. The molecule has 208 valence electrons. The van der Waals surface area contributed by atoms with Crippen molar-refractivity contribution in [2.24, 2.45) is 5.10 Å². The highest BCUT2D eigenvalue weighted by Gasteiger charge is 2.13. The average molecular weight is 525 g/mol. The minimum absolute atomic E-state index is 0.0918. The van der Waals surface area contributed by atoms with E-state index >= 15 is 0 Å². The summed E-state index contributed by atoms with van der Waals surface area (Å²) in [5.41, 5.74) is 3.72. The Morgan fingerprint density at radius 1 is 0.789 bits per heavy atom. The van der Waals surface area contributed by atoms with Gasteiger partial charge in [0.25, 0.3) is 0 Å². The number of amides is 1. The molecular weight excluding hydrogens is 480 g/mol. The molecule has 0 aliphatic heterocycles. The zero-order chi connectivity index (χ0) is 27.4. The molecule has 0 aliphatic rings. The Hall–Kier alpha value is -3.35. The smallest absolute Gasteiger partial charge is 0.343 e. The van der Waals surface area contributed by atoms with Crippen LogP contribution in [0.25, 0.3) is 0 Å². The Kier molecular flexibility index (Phi) is 15.3. The van der Waals surface area contributed by atoms with Gasteiger partial charge in [0, 0.05) is 6.42 Å². The number of nitrogens with zero attached hydrogens (tertiary/aromatic N) is 1. The third-order valence-corrected chi connectivity index (χ3v) is 5.94. The molecule has 1 N–H and O–H groups in total. The van der Waals surface area contributed by atoms with Crippen LogP contribution in [0.2, 0.25) is 0 Å². The number of benzene rings is 2. The van der Waals surface area contributed by atoms with E-state index in [-0.39, 0.29) is 5.91 Å². The molecule has 7 heteroatoms. The maximum absolute atomic E-state index is 12.6. The van der Waals surface area contributed by atoms with Gasteiger partial charge in [0.05, 0.1) is 25.0 Å². The van der Waals surface area contributed by atoms with Gasteiger partial charge < -0.3 is 14.2 Å². The van der Waals surface area contributed by atoms with E-state index in [1.165, 1.54) is 44.9 Å². The number of ether oxygens (including phenoxy) is 3. The van der Waals surface area contributed by atoms with Gasteiger partial charge in [0.2, 0.25) is 5.91 Å². The highest BCUT2D eigenvalue weighted by atomic mass is 16.6. The SMILES string of the molecule is CCCCCCCCCCCC(=O)N/N=C/c1ccc(OC(=O)c2ccc(OCCC)cc2)c(OCC)c1. The van der Waals surface area contributed by atoms with Crippen molar-refractivity contribution in [1.82, 2.24) is 5.43 Å². The first kappa shape index (κ1) is 30.9. The van der Waals surface area contributed by atoms with E-state index in [9.17, 15) is 9.59 Å². The van der Waals surface area contributed by atoms with Gasteiger partial charge >= 0.3 is 5.97 Å². The van der Waals surface area contributed by atoms with E-state index in [1.807, 2.05) is 13.8 Å². The number of hydrogen-bond acceptors (Lipinski definition) is 6. The number of nitrogens with one attached hydrogen (secondary N) is 1. The van der Waals surface area contributed by atoms with Gasteiger partial charge in [-0.05, 0) is 67.8 Å². The Bertz CT molecular complexity index is 988. The Morgan fingerprint density at radius 3 is 2.13 bits per heavy atom. The van der Waals surface area contributed by atoms with E-state index in [2.05, 4.69) is 17.5 Å². The monoisotopic (exact) mass is 524 g/mol. The normalized spacial score (nSPS) is 10.9. The molecule has 38 heavy (non-hydrogen) atoms. The highest BCUT2D eigenvalue weighted by molar-refractivity contribution is 5.91. The van der Waals surface area contributed by atoms with Gasteiger partial charge in [-0.15, -0.1) is 0 Å². The topological polar surface area (TPSA) is 86.2 Å². The van der Waals surface area contributed by atoms with Crippen molar-refractivity contribution in [3.05, 3.63) is 53.6 Å². The minimum atomic E-state index is -0.488. The second-order valence-corrected chi connectivity index (χ2v) is 9.27. The molecule has 0 spiro atoms. The molecule has 0 aromatic heterocycles. The Labute approximate surface area is 228 Å². The number of carbonyl (C=O) groups excluding carboxylic acids is 2. The summed E-state index contributed by atoms with van der Waals surface area (Å²) in [6, 6.07) is 12.0. The van der Waals surface area contributed by atoms with Gasteiger partial charge in [0.1, 0.15) is 5.75 Å². The fourth-order valence-electron chi connectivity index (χ4n) is 3.85. The van der Waals surface area contributed by atoms with Crippen molar-refractivity contribution < 1.29 is 23.8 Å². The van der Waals surface area contributed by atoms with Crippen LogP contribution in [-0.4, -0.2) is 31.3 Å². The molecule has 0 unspecified atom stereocenters. The number of hydrogen-bond donors (Lipinski definition) is 1. The molecule has 1 amide bonds. The third kappa shape index (κ3) is 12.3. The summed E-state index contributed by atoms with van der Waals surface area (Å²) in [6.45, 7) is 7.15. The fraction of sp³-hybridized carbons (Fsp3) is 0.516. The summed E-state index contributed by atoms with van der Waals surface area (Å²) < 4.78 is 16.8. The second kappa shape index (κ2) is 18.8. The number of esters is 1. The lowest BCUT2D eigenvalue weighted by molar-refractivity contribution is -0.121. The van der Waals surface area contributed by atoms with Crippen LogP contribution in [0.5, 0.6) is 17.2 Å². The first-order valence-electron chi connectivity index (χ1n) is 14.1. The first-order valence-corrected chi connectivity index (χ1v) is 14.1. The maximum atomic E-state index is 12.6. The fourth-order valence-corrected chi connectivity index (χ4v) is 3.85. The first-order chi connectivity index (χ1) is 18.6. The number of carbonyl (C=O) groups is 2. The molecular formula is C31H44N2O5. The lowest BCUT2D eigenvalue weighted by atomic mass is 10.1. The Balaban J connectivity index is 1.80. The average Bonchev–Trinajstić information content (AvgIpc) is 2.92. The quantitative estimate of drug-likeness (QED) is 0.0677. The van der Waals surface area contributed by atoms with Gasteiger partial charge in [-0.3, -0.25) is 4.79 Å². The summed E-state index contributed by atoms with van der Waals surface area (Å²) in [7, 11) is 0. The lowest BCUT2D eigenvalue weighted by Crippen LogP contribution is -2.16. The van der Waals surface area contributed by atoms with E-state index in [0.717, 1.165) is 19.3 Å². The van der Waals surface area contributed by atoms with E-state index < -0.39 is 5.97 Å². The zero-order valence-electron chi connectivity index (χ0n) is 23.3. The third-order valence-electron chi connectivity index (χ3n) is 5.94. The van der Waals surface area contributed by atoms with Crippen molar-refractivity contribution in [3.8, 4) is 17.2 Å². The second-order valence-electron chi connectivity index (χ2n) is 9.27. The molecule has 0 saturated carbocycles. The summed E-state index contributed by atoms with van der Waals surface area (Å²) in [6.07, 6.45) is 13.9. The van der Waals surface area contributed by atoms with Crippen LogP contribution in [0.3, 0.4) is 0 Å². The lowest BCUT2D eigenvalue weighted by Gasteiger charge is -2.12. The predicted octanol–water partition coefficient (Wildman–Crippen LogP) is 7.46. The largest absolute Gasteiger partial charge is 0.494 e. The molecule has 7 nitrogen and oxygen atoms in total. The van der Waals surface area contributed by atoms with E-state index in [4.69, 9.17) is 14.2 Å². The summed E-state index contributed by atoms with van der Waals surface area (Å²) in [5.74, 6) is 0.870. The highest BCUT2D eigenvalue weighted by Crippen LogP contribution is 2.29. The van der Waals surface area contributed by atoms with Crippen LogP contribution >= 0.6 is 0 Å². The summed E-state index contributed by atoms with van der Waals surface area (Å²) in [4.78, 5) is 24.7.